The van der Waals surface area contributed by atoms with Crippen molar-refractivity contribution in [2.75, 3.05) is 0 Å². The van der Waals surface area contributed by atoms with E-state index in [1.807, 2.05) is 30.7 Å². The van der Waals surface area contributed by atoms with Gasteiger partial charge in [0.25, 0.3) is 0 Å². The fourth-order valence-electron chi connectivity index (χ4n) is 10.5. The van der Waals surface area contributed by atoms with Crippen LogP contribution in [0.1, 0.15) is 33.4 Å². The third kappa shape index (κ3) is 4.12. The van der Waals surface area contributed by atoms with Crippen LogP contribution >= 0.6 is 0 Å². The van der Waals surface area contributed by atoms with E-state index in [2.05, 4.69) is 179 Å². The van der Waals surface area contributed by atoms with Gasteiger partial charge in [-0.1, -0.05) is 133 Å². The fourth-order valence-corrected chi connectivity index (χ4v) is 10.5. The Morgan fingerprint density at radius 2 is 1.03 bits per heavy atom. The average Bonchev–Trinajstić information content (AvgIpc) is 3.72. The molecule has 3 nitrogen and oxygen atoms in total. The Balaban J connectivity index is 1.12. The molecular weight excluding hydrogens is 703 g/mol. The van der Waals surface area contributed by atoms with Crippen LogP contribution in [0, 0.1) is 0 Å². The smallest absolute Gasteiger partial charge is 0.137 e. The quantitative estimate of drug-likeness (QED) is 0.166. The van der Waals surface area contributed by atoms with Gasteiger partial charge < -0.3 is 0 Å². The minimum absolute atomic E-state index is 0.566. The normalized spacial score (nSPS) is 15.2. The van der Waals surface area contributed by atoms with Crippen LogP contribution in [0.15, 0.2) is 188 Å². The molecular formula is C55H33N3. The first-order chi connectivity index (χ1) is 28.8. The number of aromatic nitrogens is 3. The number of rotatable bonds is 2. The van der Waals surface area contributed by atoms with Crippen molar-refractivity contribution in [2.24, 2.45) is 0 Å². The lowest BCUT2D eigenvalue weighted by atomic mass is 9.65. The van der Waals surface area contributed by atoms with Gasteiger partial charge in [0.15, 0.2) is 0 Å². The van der Waals surface area contributed by atoms with Gasteiger partial charge in [-0.15, -0.1) is 0 Å². The van der Waals surface area contributed by atoms with Crippen LogP contribution in [0.4, 0.5) is 0 Å². The van der Waals surface area contributed by atoms with Crippen LogP contribution in [-0.4, -0.2) is 14.5 Å². The highest BCUT2D eigenvalue weighted by molar-refractivity contribution is 6.26. The van der Waals surface area contributed by atoms with Crippen LogP contribution in [0.2, 0.25) is 0 Å². The number of hydrogen-bond donors (Lipinski definition) is 0. The highest BCUT2D eigenvalue weighted by Gasteiger charge is 2.48. The van der Waals surface area contributed by atoms with Crippen LogP contribution in [-0.2, 0) is 5.41 Å². The van der Waals surface area contributed by atoms with E-state index in [1.54, 1.807) is 0 Å². The van der Waals surface area contributed by atoms with Crippen molar-refractivity contribution in [2.45, 2.75) is 5.41 Å². The van der Waals surface area contributed by atoms with E-state index >= 15 is 0 Å². The van der Waals surface area contributed by atoms with Crippen LogP contribution in [0.25, 0.3) is 94.3 Å². The highest BCUT2D eigenvalue weighted by Crippen LogP contribution is 2.60. The van der Waals surface area contributed by atoms with Crippen molar-refractivity contribution in [3.05, 3.63) is 222 Å². The predicted octanol–water partition coefficient (Wildman–Crippen LogP) is 13.5. The van der Waals surface area contributed by atoms with Gasteiger partial charge in [-0.3, -0.25) is 9.55 Å². The van der Waals surface area contributed by atoms with Crippen LogP contribution in [0.3, 0.4) is 0 Å². The molecule has 268 valence electrons. The van der Waals surface area contributed by atoms with Crippen molar-refractivity contribution < 1.29 is 0 Å². The summed E-state index contributed by atoms with van der Waals surface area (Å²) in [6, 6.07) is 63.2. The Morgan fingerprint density at radius 1 is 0.379 bits per heavy atom. The first kappa shape index (κ1) is 31.6. The molecule has 3 heterocycles. The summed E-state index contributed by atoms with van der Waals surface area (Å²) >= 11 is 0. The molecule has 2 aliphatic rings. The summed E-state index contributed by atoms with van der Waals surface area (Å²) in [5.74, 6) is 0.882. The van der Waals surface area contributed by atoms with Gasteiger partial charge in [-0.05, 0) is 136 Å². The molecule has 0 amide bonds. The first-order valence-corrected chi connectivity index (χ1v) is 20.0. The number of fused-ring (bicyclic) bond motifs is 18. The van der Waals surface area contributed by atoms with E-state index in [0.717, 1.165) is 22.2 Å². The maximum atomic E-state index is 4.73. The van der Waals surface area contributed by atoms with E-state index < -0.39 is 5.41 Å². The molecule has 3 heteroatoms. The zero-order valence-corrected chi connectivity index (χ0v) is 31.4. The van der Waals surface area contributed by atoms with Gasteiger partial charge in [0.2, 0.25) is 0 Å². The Kier molecular flexibility index (Phi) is 6.37. The Bertz CT molecular complexity index is 3570. The fraction of sp³-hybridized carbons (Fsp3) is 0.0182. The number of benzene rings is 8. The van der Waals surface area contributed by atoms with Gasteiger partial charge in [-0.2, -0.15) is 0 Å². The zero-order chi connectivity index (χ0) is 38.0. The van der Waals surface area contributed by atoms with E-state index in [-0.39, 0.29) is 0 Å². The van der Waals surface area contributed by atoms with Crippen molar-refractivity contribution in [3.8, 4) is 28.1 Å². The van der Waals surface area contributed by atoms with E-state index in [1.165, 1.54) is 93.3 Å². The van der Waals surface area contributed by atoms with Gasteiger partial charge in [0.05, 0.1) is 22.6 Å². The van der Waals surface area contributed by atoms with Gasteiger partial charge >= 0.3 is 0 Å². The van der Waals surface area contributed by atoms with Crippen LogP contribution < -0.4 is 0 Å². The summed E-state index contributed by atoms with van der Waals surface area (Å²) in [4.78, 5) is 9.26. The minimum Gasteiger partial charge on any atom is -0.292 e. The third-order valence-corrected chi connectivity index (χ3v) is 13.0. The van der Waals surface area contributed by atoms with Crippen molar-refractivity contribution >= 4 is 66.3 Å². The zero-order valence-electron chi connectivity index (χ0n) is 31.4. The molecule has 2 aliphatic carbocycles. The van der Waals surface area contributed by atoms with Crippen LogP contribution in [0.5, 0.6) is 0 Å². The second kappa shape index (κ2) is 11.7. The lowest BCUT2D eigenvalue weighted by molar-refractivity contribution is 0.768. The lowest BCUT2D eigenvalue weighted by Crippen LogP contribution is -2.30. The third-order valence-electron chi connectivity index (χ3n) is 13.0. The Hall–Kier alpha value is -7.62. The molecule has 11 aromatic rings. The van der Waals surface area contributed by atoms with Gasteiger partial charge in [0, 0.05) is 23.2 Å². The largest absolute Gasteiger partial charge is 0.292 e. The molecule has 0 aliphatic heterocycles. The number of nitrogens with zero attached hydrogens (tertiary/aromatic N) is 3. The maximum Gasteiger partial charge on any atom is 0.137 e. The molecule has 8 aromatic carbocycles. The Morgan fingerprint density at radius 3 is 1.83 bits per heavy atom. The summed E-state index contributed by atoms with van der Waals surface area (Å²) in [5, 5.41) is 10.1. The van der Waals surface area contributed by atoms with E-state index in [0.29, 0.717) is 0 Å². The summed E-state index contributed by atoms with van der Waals surface area (Å²) in [5.41, 5.74) is 14.3. The molecule has 3 aromatic heterocycles. The standard InChI is InChI=1S/C55H33N3/c1-7-17-48-34(11-1)20-21-35-22-23-37(36-24-25-52-47(29-36)43-26-28-56-33-53(43)58(52)54-19-9-10-27-57-54)30-50(35)55(48)49-18-8-6-16-42(49)46-31-44-40-14-4-2-12-38(40)39-13-3-5-15-41(39)45(44)32-51(46)55/h1-33H. The topological polar surface area (TPSA) is 30.7 Å². The van der Waals surface area contributed by atoms with Gasteiger partial charge in [-0.25, -0.2) is 4.98 Å². The van der Waals surface area contributed by atoms with Crippen molar-refractivity contribution in [1.82, 2.24) is 14.5 Å². The van der Waals surface area contributed by atoms with Crippen molar-refractivity contribution in [1.29, 1.82) is 0 Å². The first-order valence-electron chi connectivity index (χ1n) is 20.0. The molecule has 0 saturated carbocycles. The second-order valence-corrected chi connectivity index (χ2v) is 15.7. The molecule has 1 atom stereocenters. The summed E-state index contributed by atoms with van der Waals surface area (Å²) < 4.78 is 2.22. The second-order valence-electron chi connectivity index (χ2n) is 15.7. The average molecular weight is 736 g/mol. The molecule has 0 bridgehead atoms. The van der Waals surface area contributed by atoms with E-state index in [4.69, 9.17) is 4.98 Å². The molecule has 13 rings (SSSR count). The molecule has 0 N–H and O–H groups in total. The molecule has 1 unspecified atom stereocenters. The monoisotopic (exact) mass is 735 g/mol. The minimum atomic E-state index is -0.566. The predicted molar refractivity (Wildman–Crippen MR) is 241 cm³/mol. The molecule has 58 heavy (non-hydrogen) atoms. The van der Waals surface area contributed by atoms with Gasteiger partial charge in [0.1, 0.15) is 5.82 Å². The number of hydrogen-bond acceptors (Lipinski definition) is 2. The summed E-state index contributed by atoms with van der Waals surface area (Å²) in [7, 11) is 0. The van der Waals surface area contributed by atoms with E-state index in [9.17, 15) is 0 Å². The van der Waals surface area contributed by atoms with Crippen molar-refractivity contribution in [3.63, 3.8) is 0 Å². The molecule has 0 radical (unpaired) electrons. The molecule has 0 saturated heterocycles. The highest BCUT2D eigenvalue weighted by atomic mass is 15.1. The Labute approximate surface area is 334 Å². The maximum absolute atomic E-state index is 4.73. The molecule has 1 spiro atoms. The molecule has 0 fully saturated rings. The summed E-state index contributed by atoms with van der Waals surface area (Å²) in [6.45, 7) is 0. The lowest BCUT2D eigenvalue weighted by Gasteiger charge is -2.36. The summed E-state index contributed by atoms with van der Waals surface area (Å²) in [6.07, 6.45) is 10.3. The SMILES string of the molecule is C1=Cc2ccc(-c3ccc4c(c3)c3ccncc3n4-c3ccccn3)cc2C2(c3ccccc31)c1ccccc1-c1cc3c4ccccc4c4ccccc4c3cc12. The number of pyridine rings is 2.